The standard InChI is InChI=1S/C12H11NO2S.ClH/c14-12(15)13-6-5-9-8-3-1-2-4-10(8)16-11(9)7-13;/h1-4H,5-7H2,(H,14,15);1H. The normalized spacial score (nSPS) is 14.2. The molecule has 0 unspecified atom stereocenters. The number of carboxylic acid groups (broad SMARTS) is 1. The number of carbonyl (C=O) groups is 1. The van der Waals surface area contributed by atoms with E-state index in [0.717, 1.165) is 6.42 Å². The molecule has 0 spiro atoms. The lowest BCUT2D eigenvalue weighted by molar-refractivity contribution is 0.140. The van der Waals surface area contributed by atoms with Crippen LogP contribution in [0, 0.1) is 0 Å². The first-order valence-electron chi connectivity index (χ1n) is 5.23. The molecule has 1 aromatic carbocycles. The molecule has 1 amide bonds. The predicted molar refractivity (Wildman–Crippen MR) is 71.2 cm³/mol. The molecular weight excluding hydrogens is 258 g/mol. The minimum Gasteiger partial charge on any atom is -0.465 e. The smallest absolute Gasteiger partial charge is 0.407 e. The maximum Gasteiger partial charge on any atom is 0.407 e. The van der Waals surface area contributed by atoms with Gasteiger partial charge in [-0.15, -0.1) is 23.7 Å². The summed E-state index contributed by atoms with van der Waals surface area (Å²) in [7, 11) is 0. The van der Waals surface area contributed by atoms with Crippen LogP contribution in [0.1, 0.15) is 10.4 Å². The molecule has 0 fully saturated rings. The Morgan fingerprint density at radius 2 is 2.12 bits per heavy atom. The quantitative estimate of drug-likeness (QED) is 0.797. The second-order valence-corrected chi connectivity index (χ2v) is 5.09. The van der Waals surface area contributed by atoms with Gasteiger partial charge in [-0.2, -0.15) is 0 Å². The van der Waals surface area contributed by atoms with E-state index in [9.17, 15) is 4.79 Å². The fraction of sp³-hybridized carbons (Fsp3) is 0.250. The molecule has 0 saturated carbocycles. The van der Waals surface area contributed by atoms with Crippen molar-refractivity contribution in [3.8, 4) is 0 Å². The van der Waals surface area contributed by atoms with Crippen LogP contribution in [0.4, 0.5) is 4.79 Å². The van der Waals surface area contributed by atoms with Crippen LogP contribution >= 0.6 is 23.7 Å². The second kappa shape index (κ2) is 4.55. The summed E-state index contributed by atoms with van der Waals surface area (Å²) in [6, 6.07) is 8.29. The fourth-order valence-corrected chi connectivity index (χ4v) is 3.48. The number of halogens is 1. The van der Waals surface area contributed by atoms with Crippen LogP contribution in [-0.2, 0) is 13.0 Å². The van der Waals surface area contributed by atoms with Gasteiger partial charge in [0.15, 0.2) is 0 Å². The molecule has 0 aliphatic carbocycles. The molecule has 1 aliphatic rings. The lowest BCUT2D eigenvalue weighted by atomic mass is 10.0. The van der Waals surface area contributed by atoms with E-state index in [0.29, 0.717) is 13.1 Å². The maximum atomic E-state index is 10.9. The Hall–Kier alpha value is -1.26. The maximum absolute atomic E-state index is 10.9. The summed E-state index contributed by atoms with van der Waals surface area (Å²) < 4.78 is 1.26. The van der Waals surface area contributed by atoms with Gasteiger partial charge >= 0.3 is 6.09 Å². The highest BCUT2D eigenvalue weighted by Gasteiger charge is 2.23. The Balaban J connectivity index is 0.00000108. The highest BCUT2D eigenvalue weighted by atomic mass is 35.5. The van der Waals surface area contributed by atoms with Crippen molar-refractivity contribution in [2.75, 3.05) is 6.54 Å². The average molecular weight is 270 g/mol. The van der Waals surface area contributed by atoms with Crippen LogP contribution in [0.25, 0.3) is 10.1 Å². The summed E-state index contributed by atoms with van der Waals surface area (Å²) in [5.41, 5.74) is 1.35. The van der Waals surface area contributed by atoms with Crippen molar-refractivity contribution < 1.29 is 9.90 Å². The van der Waals surface area contributed by atoms with E-state index >= 15 is 0 Å². The molecule has 0 radical (unpaired) electrons. The second-order valence-electron chi connectivity index (χ2n) is 3.95. The third kappa shape index (κ3) is 1.98. The van der Waals surface area contributed by atoms with Crippen LogP contribution in [0.5, 0.6) is 0 Å². The monoisotopic (exact) mass is 269 g/mol. The van der Waals surface area contributed by atoms with Gasteiger partial charge in [0.05, 0.1) is 6.54 Å². The van der Waals surface area contributed by atoms with Gasteiger partial charge in [0.1, 0.15) is 0 Å². The molecular formula is C12H12ClNO2S. The van der Waals surface area contributed by atoms with Crippen molar-refractivity contribution in [1.82, 2.24) is 4.90 Å². The number of rotatable bonds is 0. The van der Waals surface area contributed by atoms with Gasteiger partial charge in [-0.1, -0.05) is 18.2 Å². The van der Waals surface area contributed by atoms with E-state index in [1.165, 1.54) is 25.4 Å². The van der Waals surface area contributed by atoms with Crippen molar-refractivity contribution >= 4 is 39.9 Å². The molecule has 0 saturated heterocycles. The van der Waals surface area contributed by atoms with E-state index in [1.807, 2.05) is 12.1 Å². The van der Waals surface area contributed by atoms with Crippen LogP contribution in [-0.4, -0.2) is 22.6 Å². The highest BCUT2D eigenvalue weighted by Crippen LogP contribution is 2.34. The molecule has 3 nitrogen and oxygen atoms in total. The Labute approximate surface area is 109 Å². The molecule has 5 heteroatoms. The summed E-state index contributed by atoms with van der Waals surface area (Å²) >= 11 is 1.72. The molecule has 2 aromatic rings. The van der Waals surface area contributed by atoms with E-state index in [4.69, 9.17) is 5.11 Å². The average Bonchev–Trinajstić information content (AvgIpc) is 2.66. The van der Waals surface area contributed by atoms with Crippen LogP contribution in [0.2, 0.25) is 0 Å². The van der Waals surface area contributed by atoms with E-state index < -0.39 is 6.09 Å². The summed E-state index contributed by atoms with van der Waals surface area (Å²) in [6.45, 7) is 1.16. The number of fused-ring (bicyclic) bond motifs is 3. The van der Waals surface area contributed by atoms with Gasteiger partial charge < -0.3 is 10.0 Å². The number of hydrogen-bond donors (Lipinski definition) is 1. The van der Waals surface area contributed by atoms with E-state index in [-0.39, 0.29) is 12.4 Å². The number of nitrogens with zero attached hydrogens (tertiary/aromatic N) is 1. The zero-order valence-corrected chi connectivity index (χ0v) is 10.7. The Kier molecular flexibility index (Phi) is 3.26. The minimum atomic E-state index is -0.817. The zero-order valence-electron chi connectivity index (χ0n) is 9.05. The molecule has 1 N–H and O–H groups in total. The van der Waals surface area contributed by atoms with Crippen molar-refractivity contribution in [1.29, 1.82) is 0 Å². The fourth-order valence-electron chi connectivity index (χ4n) is 2.21. The molecule has 1 aromatic heterocycles. The molecule has 1 aliphatic heterocycles. The lowest BCUT2D eigenvalue weighted by Crippen LogP contribution is -2.33. The van der Waals surface area contributed by atoms with Gasteiger partial charge in [-0.05, 0) is 23.4 Å². The van der Waals surface area contributed by atoms with E-state index in [1.54, 1.807) is 11.3 Å². The molecule has 0 atom stereocenters. The Morgan fingerprint density at radius 1 is 1.35 bits per heavy atom. The third-order valence-electron chi connectivity index (χ3n) is 3.02. The van der Waals surface area contributed by atoms with Gasteiger partial charge in [-0.3, -0.25) is 0 Å². The van der Waals surface area contributed by atoms with Gasteiger partial charge in [0.25, 0.3) is 0 Å². The molecule has 2 heterocycles. The minimum absolute atomic E-state index is 0. The van der Waals surface area contributed by atoms with Crippen molar-refractivity contribution in [3.63, 3.8) is 0 Å². The molecule has 0 bridgehead atoms. The van der Waals surface area contributed by atoms with Gasteiger partial charge in [0.2, 0.25) is 0 Å². The Bertz CT molecular complexity index is 567. The zero-order chi connectivity index (χ0) is 11.1. The van der Waals surface area contributed by atoms with Gasteiger partial charge in [-0.25, -0.2) is 4.79 Å². The first kappa shape index (κ1) is 12.2. The predicted octanol–water partition coefficient (Wildman–Crippen LogP) is 3.36. The summed E-state index contributed by atoms with van der Waals surface area (Å²) in [5, 5.41) is 10.3. The number of amides is 1. The van der Waals surface area contributed by atoms with E-state index in [2.05, 4.69) is 12.1 Å². The first-order chi connectivity index (χ1) is 7.75. The molecule has 17 heavy (non-hydrogen) atoms. The number of benzene rings is 1. The van der Waals surface area contributed by atoms with Crippen LogP contribution < -0.4 is 0 Å². The van der Waals surface area contributed by atoms with Crippen LogP contribution in [0.15, 0.2) is 24.3 Å². The molecule has 90 valence electrons. The summed E-state index contributed by atoms with van der Waals surface area (Å²) in [5.74, 6) is 0. The van der Waals surface area contributed by atoms with Crippen molar-refractivity contribution in [2.45, 2.75) is 13.0 Å². The summed E-state index contributed by atoms with van der Waals surface area (Å²) in [4.78, 5) is 13.6. The highest BCUT2D eigenvalue weighted by molar-refractivity contribution is 7.19. The third-order valence-corrected chi connectivity index (χ3v) is 4.22. The van der Waals surface area contributed by atoms with Crippen molar-refractivity contribution in [3.05, 3.63) is 34.7 Å². The topological polar surface area (TPSA) is 40.5 Å². The largest absolute Gasteiger partial charge is 0.465 e. The molecule has 3 rings (SSSR count). The number of hydrogen-bond acceptors (Lipinski definition) is 2. The van der Waals surface area contributed by atoms with Crippen molar-refractivity contribution in [2.24, 2.45) is 0 Å². The van der Waals surface area contributed by atoms with Gasteiger partial charge in [0, 0.05) is 16.1 Å². The Morgan fingerprint density at radius 3 is 2.88 bits per heavy atom. The first-order valence-corrected chi connectivity index (χ1v) is 6.04. The SMILES string of the molecule is Cl.O=C(O)N1CCc2c(sc3ccccc23)C1. The summed E-state index contributed by atoms with van der Waals surface area (Å²) in [6.07, 6.45) is 0.0224. The van der Waals surface area contributed by atoms with Crippen LogP contribution in [0.3, 0.4) is 0 Å². The lowest BCUT2D eigenvalue weighted by Gasteiger charge is -2.23. The number of thiophene rings is 1.